The normalized spacial score (nSPS) is 26.7. The Kier molecular flexibility index (Phi) is 5.54. The van der Waals surface area contributed by atoms with Crippen molar-refractivity contribution >= 4 is 17.7 Å². The first-order chi connectivity index (χ1) is 9.15. The van der Waals surface area contributed by atoms with Gasteiger partial charge >= 0.3 is 5.97 Å². The molecule has 1 saturated carbocycles. The molecule has 1 aliphatic carbocycles. The fourth-order valence-corrected chi connectivity index (χ4v) is 4.18. The number of esters is 1. The van der Waals surface area contributed by atoms with Gasteiger partial charge in [0.05, 0.1) is 18.8 Å². The molecule has 0 aromatic heterocycles. The maximum absolute atomic E-state index is 11.2. The third-order valence-electron chi connectivity index (χ3n) is 4.23. The molecule has 2 rings (SSSR count). The van der Waals surface area contributed by atoms with Crippen molar-refractivity contribution in [3.05, 3.63) is 0 Å². The number of hydrogen-bond donors (Lipinski definition) is 1. The molecule has 1 aliphatic heterocycles. The van der Waals surface area contributed by atoms with Crippen LogP contribution in [0.15, 0.2) is 0 Å². The molecule has 110 valence electrons. The lowest BCUT2D eigenvalue weighted by atomic mass is 9.98. The Balaban J connectivity index is 1.58. The molecule has 19 heavy (non-hydrogen) atoms. The Labute approximate surface area is 119 Å². The molecule has 0 radical (unpaired) electrons. The number of hydrogen-bond acceptors (Lipinski definition) is 5. The molecule has 5 heteroatoms. The standard InChI is InChI=1S/C14H25NO3S/c1-17-13(16)12(15)5-9-19-10-11-4-8-14(18-11)6-2-3-7-14/h11-12H,2-10,15H2,1H3. The number of rotatable bonds is 6. The minimum atomic E-state index is -0.483. The van der Waals surface area contributed by atoms with Gasteiger partial charge in [-0.1, -0.05) is 12.8 Å². The van der Waals surface area contributed by atoms with Crippen LogP contribution in [0.2, 0.25) is 0 Å². The molecule has 4 nitrogen and oxygen atoms in total. The van der Waals surface area contributed by atoms with Crippen LogP contribution >= 0.6 is 11.8 Å². The van der Waals surface area contributed by atoms with E-state index in [9.17, 15) is 4.79 Å². The first kappa shape index (κ1) is 15.1. The summed E-state index contributed by atoms with van der Waals surface area (Å²) in [7, 11) is 1.38. The maximum Gasteiger partial charge on any atom is 0.322 e. The second-order valence-electron chi connectivity index (χ2n) is 5.66. The molecular weight excluding hydrogens is 262 g/mol. The Morgan fingerprint density at radius 3 is 2.89 bits per heavy atom. The third-order valence-corrected chi connectivity index (χ3v) is 5.37. The van der Waals surface area contributed by atoms with E-state index in [1.54, 1.807) is 0 Å². The highest BCUT2D eigenvalue weighted by atomic mass is 32.2. The summed E-state index contributed by atoms with van der Waals surface area (Å²) < 4.78 is 10.8. The molecule has 0 aromatic rings. The summed E-state index contributed by atoms with van der Waals surface area (Å²) in [5, 5.41) is 0. The molecule has 2 unspecified atom stereocenters. The number of ether oxygens (including phenoxy) is 2. The lowest BCUT2D eigenvalue weighted by Crippen LogP contribution is -2.32. The molecule has 2 fully saturated rings. The molecule has 1 heterocycles. The van der Waals surface area contributed by atoms with Crippen molar-refractivity contribution in [3.8, 4) is 0 Å². The van der Waals surface area contributed by atoms with Crippen LogP contribution in [-0.2, 0) is 14.3 Å². The van der Waals surface area contributed by atoms with Gasteiger partial charge in [-0.3, -0.25) is 4.79 Å². The fourth-order valence-electron chi connectivity index (χ4n) is 3.09. The van der Waals surface area contributed by atoms with Crippen molar-refractivity contribution in [2.75, 3.05) is 18.6 Å². The minimum Gasteiger partial charge on any atom is -0.468 e. The topological polar surface area (TPSA) is 61.5 Å². The smallest absolute Gasteiger partial charge is 0.322 e. The summed E-state index contributed by atoms with van der Waals surface area (Å²) in [6.45, 7) is 0. The van der Waals surface area contributed by atoms with E-state index in [1.165, 1.54) is 45.6 Å². The zero-order chi connectivity index (χ0) is 13.7. The van der Waals surface area contributed by atoms with Gasteiger partial charge in [-0.15, -0.1) is 0 Å². The predicted octanol–water partition coefficient (Wildman–Crippen LogP) is 2.10. The zero-order valence-corrected chi connectivity index (χ0v) is 12.5. The molecule has 2 aliphatic rings. The van der Waals surface area contributed by atoms with E-state index < -0.39 is 6.04 Å². The third kappa shape index (κ3) is 4.10. The summed E-state index contributed by atoms with van der Waals surface area (Å²) in [5.41, 5.74) is 5.93. The Morgan fingerprint density at radius 1 is 1.47 bits per heavy atom. The van der Waals surface area contributed by atoms with Crippen LogP contribution in [0.4, 0.5) is 0 Å². The van der Waals surface area contributed by atoms with Crippen molar-refractivity contribution in [3.63, 3.8) is 0 Å². The Hall–Kier alpha value is -0.260. The number of thioether (sulfide) groups is 1. The van der Waals surface area contributed by atoms with Crippen molar-refractivity contribution < 1.29 is 14.3 Å². The van der Waals surface area contributed by atoms with E-state index in [0.29, 0.717) is 12.5 Å². The van der Waals surface area contributed by atoms with Crippen molar-refractivity contribution in [1.29, 1.82) is 0 Å². The van der Waals surface area contributed by atoms with Crippen molar-refractivity contribution in [2.24, 2.45) is 5.73 Å². The quantitative estimate of drug-likeness (QED) is 0.599. The molecule has 2 N–H and O–H groups in total. The molecule has 1 saturated heterocycles. The first-order valence-corrected chi connectivity index (χ1v) is 8.40. The number of methoxy groups -OCH3 is 1. The van der Waals surface area contributed by atoms with Gasteiger partial charge < -0.3 is 15.2 Å². The molecule has 0 amide bonds. The predicted molar refractivity (Wildman–Crippen MR) is 77.2 cm³/mol. The van der Waals surface area contributed by atoms with Crippen molar-refractivity contribution in [1.82, 2.24) is 0 Å². The summed E-state index contributed by atoms with van der Waals surface area (Å²) in [6, 6.07) is -0.483. The average molecular weight is 287 g/mol. The average Bonchev–Trinajstić information content (AvgIpc) is 3.04. The van der Waals surface area contributed by atoms with Gasteiger partial charge in [0.15, 0.2) is 0 Å². The second-order valence-corrected chi connectivity index (χ2v) is 6.81. The van der Waals surface area contributed by atoms with Crippen LogP contribution in [0.25, 0.3) is 0 Å². The number of carbonyl (C=O) groups is 1. The van der Waals surface area contributed by atoms with Crippen LogP contribution in [-0.4, -0.2) is 42.3 Å². The summed E-state index contributed by atoms with van der Waals surface area (Å²) in [5.74, 6) is 1.60. The summed E-state index contributed by atoms with van der Waals surface area (Å²) >= 11 is 1.84. The SMILES string of the molecule is COC(=O)C(N)CCSCC1CCC2(CCCC2)O1. The number of carbonyl (C=O) groups excluding carboxylic acids is 1. The van der Waals surface area contributed by atoms with Crippen LogP contribution in [0.5, 0.6) is 0 Å². The summed E-state index contributed by atoms with van der Waals surface area (Å²) in [6.07, 6.45) is 8.66. The second kappa shape index (κ2) is 6.95. The molecule has 1 spiro atoms. The van der Waals surface area contributed by atoms with Gasteiger partial charge in [0, 0.05) is 5.75 Å². The monoisotopic (exact) mass is 287 g/mol. The molecule has 0 bridgehead atoms. The first-order valence-electron chi connectivity index (χ1n) is 7.24. The van der Waals surface area contributed by atoms with Gasteiger partial charge in [-0.25, -0.2) is 0 Å². The van der Waals surface area contributed by atoms with Gasteiger partial charge in [-0.2, -0.15) is 11.8 Å². The zero-order valence-electron chi connectivity index (χ0n) is 11.7. The fraction of sp³-hybridized carbons (Fsp3) is 0.929. The Bertz CT molecular complexity index is 305. The lowest BCUT2D eigenvalue weighted by molar-refractivity contribution is -0.142. The highest BCUT2D eigenvalue weighted by Crippen LogP contribution is 2.43. The van der Waals surface area contributed by atoms with Gasteiger partial charge in [-0.05, 0) is 37.9 Å². The van der Waals surface area contributed by atoms with Crippen LogP contribution in [0, 0.1) is 0 Å². The van der Waals surface area contributed by atoms with Gasteiger partial charge in [0.25, 0.3) is 0 Å². The van der Waals surface area contributed by atoms with Crippen molar-refractivity contribution in [2.45, 2.75) is 62.7 Å². The van der Waals surface area contributed by atoms with Gasteiger partial charge in [0.2, 0.25) is 0 Å². The maximum atomic E-state index is 11.2. The minimum absolute atomic E-state index is 0.230. The summed E-state index contributed by atoms with van der Waals surface area (Å²) in [4.78, 5) is 11.2. The van der Waals surface area contributed by atoms with E-state index in [-0.39, 0.29) is 11.6 Å². The van der Waals surface area contributed by atoms with E-state index in [0.717, 1.165) is 11.5 Å². The molecule has 0 aromatic carbocycles. The largest absolute Gasteiger partial charge is 0.468 e. The highest BCUT2D eigenvalue weighted by molar-refractivity contribution is 7.99. The van der Waals surface area contributed by atoms with E-state index in [1.807, 2.05) is 11.8 Å². The van der Waals surface area contributed by atoms with Crippen LogP contribution in [0.1, 0.15) is 44.9 Å². The van der Waals surface area contributed by atoms with E-state index in [2.05, 4.69) is 4.74 Å². The molecular formula is C14H25NO3S. The lowest BCUT2D eigenvalue weighted by Gasteiger charge is -2.23. The Morgan fingerprint density at radius 2 is 2.21 bits per heavy atom. The van der Waals surface area contributed by atoms with E-state index >= 15 is 0 Å². The van der Waals surface area contributed by atoms with Crippen LogP contribution < -0.4 is 5.73 Å². The van der Waals surface area contributed by atoms with Crippen LogP contribution in [0.3, 0.4) is 0 Å². The molecule has 2 atom stereocenters. The van der Waals surface area contributed by atoms with Gasteiger partial charge in [0.1, 0.15) is 6.04 Å². The number of nitrogens with two attached hydrogens (primary N) is 1. The highest BCUT2D eigenvalue weighted by Gasteiger charge is 2.41. The van der Waals surface area contributed by atoms with E-state index in [4.69, 9.17) is 10.5 Å².